The first-order valence-electron chi connectivity index (χ1n) is 13.2. The van der Waals surface area contributed by atoms with Crippen molar-refractivity contribution in [3.8, 4) is 5.75 Å². The number of allylic oxidation sites excluding steroid dienone is 4. The molecule has 0 atom stereocenters. The lowest BCUT2D eigenvalue weighted by Crippen LogP contribution is -2.44. The Morgan fingerprint density at radius 1 is 1.16 bits per heavy atom. The Labute approximate surface area is 222 Å². The number of pyridine rings is 1. The zero-order valence-electron chi connectivity index (χ0n) is 22.4. The molecule has 1 saturated heterocycles. The number of hydrogen-bond donors (Lipinski definition) is 1. The summed E-state index contributed by atoms with van der Waals surface area (Å²) in [5.74, 6) is 1.30. The van der Waals surface area contributed by atoms with Gasteiger partial charge >= 0.3 is 0 Å². The van der Waals surface area contributed by atoms with Gasteiger partial charge in [-0.05, 0) is 37.1 Å². The maximum Gasteiger partial charge on any atom is 0.251 e. The van der Waals surface area contributed by atoms with E-state index in [2.05, 4.69) is 34.3 Å². The summed E-state index contributed by atoms with van der Waals surface area (Å²) in [6, 6.07) is 7.39. The highest BCUT2D eigenvalue weighted by atomic mass is 16.5. The molecule has 0 saturated carbocycles. The highest BCUT2D eigenvalue weighted by molar-refractivity contribution is 6.06. The van der Waals surface area contributed by atoms with Crippen LogP contribution in [0, 0.1) is 0 Å². The van der Waals surface area contributed by atoms with Crippen molar-refractivity contribution in [2.24, 2.45) is 0 Å². The number of benzene rings is 1. The standard InChI is InChI=1S/C29H36N4O5/c1-30-29(35)25-18-28(34)33(26-17-23(36-3)5-6-24(25)26)13-12-32-10-8-21(9-11-32)31(2)22-4-7-27-20(16-22)19-37-14-15-38-27/h4-7,17-19,21H,8-16H2,1-3H3,(H,30,35). The van der Waals surface area contributed by atoms with Gasteiger partial charge in [0.25, 0.3) is 11.5 Å². The van der Waals surface area contributed by atoms with E-state index in [-0.39, 0.29) is 11.5 Å². The Kier molecular flexibility index (Phi) is 7.74. The number of likely N-dealkylation sites (tertiary alicyclic amines) is 1. The number of nitrogens with zero attached hydrogens (tertiary/aromatic N) is 3. The predicted octanol–water partition coefficient (Wildman–Crippen LogP) is 2.87. The van der Waals surface area contributed by atoms with Gasteiger partial charge in [-0.15, -0.1) is 0 Å². The number of carbonyl (C=O) groups excluding carboxylic acids is 1. The molecule has 1 aromatic heterocycles. The number of methoxy groups -OCH3 is 1. The number of amides is 1. The lowest BCUT2D eigenvalue weighted by molar-refractivity contribution is 0.0964. The first kappa shape index (κ1) is 25.9. The van der Waals surface area contributed by atoms with Gasteiger partial charge in [0.2, 0.25) is 0 Å². The highest BCUT2D eigenvalue weighted by Crippen LogP contribution is 2.31. The molecule has 0 radical (unpaired) electrons. The van der Waals surface area contributed by atoms with Crippen molar-refractivity contribution >= 4 is 16.8 Å². The molecule has 9 nitrogen and oxygen atoms in total. The van der Waals surface area contributed by atoms with E-state index in [1.807, 2.05) is 24.5 Å². The smallest absolute Gasteiger partial charge is 0.251 e. The normalized spacial score (nSPS) is 18.2. The topological polar surface area (TPSA) is 85.3 Å². The molecule has 1 aliphatic carbocycles. The van der Waals surface area contributed by atoms with Gasteiger partial charge in [-0.1, -0.05) is 0 Å². The lowest BCUT2D eigenvalue weighted by atomic mass is 9.98. The van der Waals surface area contributed by atoms with Crippen molar-refractivity contribution < 1.29 is 19.0 Å². The maximum absolute atomic E-state index is 13.1. The molecule has 5 rings (SSSR count). The minimum Gasteiger partial charge on any atom is -0.497 e. The number of fused-ring (bicyclic) bond motifs is 2. The number of carbonyl (C=O) groups is 1. The molecule has 202 valence electrons. The quantitative estimate of drug-likeness (QED) is 0.601. The van der Waals surface area contributed by atoms with E-state index in [4.69, 9.17) is 14.2 Å². The van der Waals surface area contributed by atoms with Gasteiger partial charge in [0.1, 0.15) is 24.7 Å². The van der Waals surface area contributed by atoms with E-state index in [1.54, 1.807) is 18.7 Å². The number of piperidine rings is 1. The number of ether oxygens (including phenoxy) is 3. The summed E-state index contributed by atoms with van der Waals surface area (Å²) in [4.78, 5) is 30.3. The second kappa shape index (κ2) is 11.3. The van der Waals surface area contributed by atoms with Crippen molar-refractivity contribution in [1.29, 1.82) is 0 Å². The van der Waals surface area contributed by atoms with Crippen molar-refractivity contribution in [2.45, 2.75) is 31.8 Å². The van der Waals surface area contributed by atoms with Crippen LogP contribution in [0.3, 0.4) is 0 Å². The summed E-state index contributed by atoms with van der Waals surface area (Å²) in [6.45, 7) is 4.40. The molecular formula is C29H36N4O5. The zero-order chi connectivity index (χ0) is 26.6. The number of rotatable bonds is 7. The monoisotopic (exact) mass is 520 g/mol. The Balaban J connectivity index is 1.24. The largest absolute Gasteiger partial charge is 0.497 e. The predicted molar refractivity (Wildman–Crippen MR) is 146 cm³/mol. The molecule has 1 fully saturated rings. The second-order valence-electron chi connectivity index (χ2n) is 9.92. The van der Waals surface area contributed by atoms with Crippen LogP contribution in [-0.4, -0.2) is 80.4 Å². The summed E-state index contributed by atoms with van der Waals surface area (Å²) in [5, 5.41) is 3.37. The Hall–Kier alpha value is -3.72. The third kappa shape index (κ3) is 5.29. The van der Waals surface area contributed by atoms with Crippen molar-refractivity contribution in [2.75, 3.05) is 54.1 Å². The summed E-state index contributed by atoms with van der Waals surface area (Å²) < 4.78 is 18.5. The van der Waals surface area contributed by atoms with E-state index >= 15 is 0 Å². The molecule has 1 N–H and O–H groups in total. The van der Waals surface area contributed by atoms with Gasteiger partial charge in [0.05, 0.1) is 24.5 Å². The molecule has 38 heavy (non-hydrogen) atoms. The first-order chi connectivity index (χ1) is 18.5. The Morgan fingerprint density at radius 2 is 1.97 bits per heavy atom. The summed E-state index contributed by atoms with van der Waals surface area (Å²) in [6.07, 6.45) is 8.97. The summed E-state index contributed by atoms with van der Waals surface area (Å²) in [7, 11) is 5.35. The van der Waals surface area contributed by atoms with E-state index in [1.165, 1.54) is 11.8 Å². The Bertz CT molecular complexity index is 1350. The van der Waals surface area contributed by atoms with Crippen LogP contribution in [0.5, 0.6) is 5.75 Å². The molecule has 2 aromatic rings. The average Bonchev–Trinajstić information content (AvgIpc) is 3.20. The fraction of sp³-hybridized carbons (Fsp3) is 0.448. The molecule has 1 amide bonds. The van der Waals surface area contributed by atoms with Gasteiger partial charge in [-0.2, -0.15) is 0 Å². The third-order valence-electron chi connectivity index (χ3n) is 7.79. The van der Waals surface area contributed by atoms with Crippen LogP contribution in [0.4, 0.5) is 0 Å². The van der Waals surface area contributed by atoms with Crippen LogP contribution in [0.1, 0.15) is 29.6 Å². The fourth-order valence-electron chi connectivity index (χ4n) is 5.51. The van der Waals surface area contributed by atoms with Crippen LogP contribution in [0.15, 0.2) is 64.5 Å². The van der Waals surface area contributed by atoms with Crippen LogP contribution in [-0.2, 0) is 16.0 Å². The average molecular weight is 521 g/mol. The molecule has 3 aliphatic rings. The minimum atomic E-state index is -0.272. The molecule has 3 heterocycles. The number of nitrogens with one attached hydrogen (secondary N) is 1. The summed E-state index contributed by atoms with van der Waals surface area (Å²) in [5.41, 5.74) is 3.28. The lowest BCUT2D eigenvalue weighted by Gasteiger charge is -2.39. The minimum absolute atomic E-state index is 0.184. The zero-order valence-corrected chi connectivity index (χ0v) is 22.4. The van der Waals surface area contributed by atoms with Gasteiger partial charge in [0, 0.05) is 81.5 Å². The number of hydrogen-bond acceptors (Lipinski definition) is 7. The van der Waals surface area contributed by atoms with E-state index in [0.29, 0.717) is 42.6 Å². The van der Waals surface area contributed by atoms with Gasteiger partial charge in [-0.3, -0.25) is 9.59 Å². The SMILES string of the molecule is CNC(=O)c1cc(=O)n(CCN2CCC(N(C)C3=CC=C4OCCOC=C4C3)CC2)c2cc(OC)ccc12. The van der Waals surface area contributed by atoms with Gasteiger partial charge in [-0.25, -0.2) is 0 Å². The van der Waals surface area contributed by atoms with E-state index in [9.17, 15) is 9.59 Å². The molecular weight excluding hydrogens is 484 g/mol. The molecule has 2 aliphatic heterocycles. The van der Waals surface area contributed by atoms with Crippen molar-refractivity contribution in [3.63, 3.8) is 0 Å². The highest BCUT2D eigenvalue weighted by Gasteiger charge is 2.26. The van der Waals surface area contributed by atoms with E-state index < -0.39 is 0 Å². The van der Waals surface area contributed by atoms with Gasteiger partial charge in [0.15, 0.2) is 0 Å². The summed E-state index contributed by atoms with van der Waals surface area (Å²) >= 11 is 0. The van der Waals surface area contributed by atoms with E-state index in [0.717, 1.165) is 55.6 Å². The molecule has 9 heteroatoms. The molecule has 0 spiro atoms. The van der Waals surface area contributed by atoms with Gasteiger partial charge < -0.3 is 33.9 Å². The van der Waals surface area contributed by atoms with Crippen LogP contribution < -0.4 is 15.6 Å². The van der Waals surface area contributed by atoms with Crippen LogP contribution in [0.2, 0.25) is 0 Å². The van der Waals surface area contributed by atoms with Crippen molar-refractivity contribution in [3.05, 3.63) is 75.6 Å². The fourth-order valence-corrected chi connectivity index (χ4v) is 5.51. The maximum atomic E-state index is 13.1. The first-order valence-corrected chi connectivity index (χ1v) is 13.2. The molecule has 0 bridgehead atoms. The number of aromatic nitrogens is 1. The van der Waals surface area contributed by atoms with Crippen molar-refractivity contribution in [1.82, 2.24) is 19.7 Å². The van der Waals surface area contributed by atoms with Crippen LogP contribution >= 0.6 is 0 Å². The molecule has 0 unspecified atom stereocenters. The van der Waals surface area contributed by atoms with Crippen LogP contribution in [0.25, 0.3) is 10.9 Å². The molecule has 1 aromatic carbocycles. The Morgan fingerprint density at radius 3 is 2.74 bits per heavy atom. The third-order valence-corrected chi connectivity index (χ3v) is 7.79. The second-order valence-corrected chi connectivity index (χ2v) is 9.92.